The zero-order valence-electron chi connectivity index (χ0n) is 18.4. The Kier molecular flexibility index (Phi) is 10.0. The predicted octanol–water partition coefficient (Wildman–Crippen LogP) is 1.87. The van der Waals surface area contributed by atoms with Gasteiger partial charge in [0.2, 0.25) is 5.91 Å². The van der Waals surface area contributed by atoms with Crippen LogP contribution in [0.1, 0.15) is 42.1 Å². The molecule has 0 aliphatic carbocycles. The van der Waals surface area contributed by atoms with Gasteiger partial charge in [-0.1, -0.05) is 30.3 Å². The highest BCUT2D eigenvalue weighted by atomic mass is 19.1. The van der Waals surface area contributed by atoms with Crippen molar-refractivity contribution in [2.24, 2.45) is 5.73 Å². The molecule has 0 fully saturated rings. The van der Waals surface area contributed by atoms with Gasteiger partial charge in [-0.25, -0.2) is 9.18 Å². The maximum absolute atomic E-state index is 13.1. The Labute approximate surface area is 191 Å². The molecule has 3 amide bonds. The molecule has 176 valence electrons. The van der Waals surface area contributed by atoms with Gasteiger partial charge in [0.25, 0.3) is 11.8 Å². The summed E-state index contributed by atoms with van der Waals surface area (Å²) in [4.78, 5) is 48.1. The first-order valence-electron chi connectivity index (χ1n) is 10.6. The molecule has 0 aliphatic heterocycles. The summed E-state index contributed by atoms with van der Waals surface area (Å²) in [7, 11) is 0. The van der Waals surface area contributed by atoms with Crippen molar-refractivity contribution < 1.29 is 28.3 Å². The van der Waals surface area contributed by atoms with Crippen molar-refractivity contribution in [2.45, 2.75) is 44.7 Å². The molecule has 2 rings (SSSR count). The van der Waals surface area contributed by atoms with Crippen LogP contribution in [0.5, 0.6) is 0 Å². The largest absolute Gasteiger partial charge is 0.454 e. The Bertz CT molecular complexity index is 950. The van der Waals surface area contributed by atoms with E-state index in [0.29, 0.717) is 6.42 Å². The first kappa shape index (κ1) is 25.5. The number of carbonyl (C=O) groups excluding carboxylic acids is 4. The average molecular weight is 458 g/mol. The quantitative estimate of drug-likeness (QED) is 0.419. The van der Waals surface area contributed by atoms with Crippen LogP contribution in [-0.2, 0) is 25.5 Å². The number of hydrogen-bond donors (Lipinski definition) is 3. The van der Waals surface area contributed by atoms with Crippen LogP contribution in [0.25, 0.3) is 0 Å². The predicted molar refractivity (Wildman–Crippen MR) is 119 cm³/mol. The van der Waals surface area contributed by atoms with E-state index >= 15 is 0 Å². The van der Waals surface area contributed by atoms with Gasteiger partial charge in [-0.15, -0.1) is 0 Å². The molecule has 0 radical (unpaired) electrons. The number of primary amides is 1. The SMILES string of the molecule is C[C@@H](CCc1ccccc1)NC(=O)COC(=O)[C@@H](CCC(N)=O)NC(=O)c1ccc(F)cc1. The second-order valence-electron chi connectivity index (χ2n) is 7.64. The minimum Gasteiger partial charge on any atom is -0.454 e. The molecule has 2 aromatic rings. The number of benzene rings is 2. The van der Waals surface area contributed by atoms with Crippen molar-refractivity contribution in [1.82, 2.24) is 10.6 Å². The molecule has 0 heterocycles. The van der Waals surface area contributed by atoms with Crippen LogP contribution in [0.3, 0.4) is 0 Å². The third-order valence-electron chi connectivity index (χ3n) is 4.84. The third kappa shape index (κ3) is 9.51. The molecule has 0 aromatic heterocycles. The van der Waals surface area contributed by atoms with Crippen LogP contribution in [0, 0.1) is 5.82 Å². The number of amides is 3. The number of ether oxygens (including phenoxy) is 1. The van der Waals surface area contributed by atoms with Crippen molar-refractivity contribution in [1.29, 1.82) is 0 Å². The van der Waals surface area contributed by atoms with Crippen LogP contribution < -0.4 is 16.4 Å². The molecule has 0 saturated heterocycles. The lowest BCUT2D eigenvalue weighted by Crippen LogP contribution is -2.44. The Morgan fingerprint density at radius 3 is 2.27 bits per heavy atom. The first-order valence-corrected chi connectivity index (χ1v) is 10.6. The molecule has 0 saturated carbocycles. The molecule has 0 aliphatic rings. The Hall–Kier alpha value is -3.75. The van der Waals surface area contributed by atoms with Gasteiger partial charge in [0, 0.05) is 18.0 Å². The molecule has 2 aromatic carbocycles. The Balaban J connectivity index is 1.84. The van der Waals surface area contributed by atoms with Gasteiger partial charge < -0.3 is 21.1 Å². The van der Waals surface area contributed by atoms with E-state index in [1.807, 2.05) is 37.3 Å². The fourth-order valence-electron chi connectivity index (χ4n) is 3.03. The van der Waals surface area contributed by atoms with E-state index in [0.717, 1.165) is 24.1 Å². The van der Waals surface area contributed by atoms with E-state index in [9.17, 15) is 23.6 Å². The Morgan fingerprint density at radius 1 is 0.970 bits per heavy atom. The summed E-state index contributed by atoms with van der Waals surface area (Å²) >= 11 is 0. The highest BCUT2D eigenvalue weighted by molar-refractivity contribution is 5.97. The van der Waals surface area contributed by atoms with Crippen molar-refractivity contribution in [3.63, 3.8) is 0 Å². The molecule has 0 unspecified atom stereocenters. The molecular formula is C24H28FN3O5. The minimum atomic E-state index is -1.20. The van der Waals surface area contributed by atoms with E-state index in [1.54, 1.807) is 0 Å². The molecule has 0 bridgehead atoms. The van der Waals surface area contributed by atoms with Crippen molar-refractivity contribution in [3.05, 3.63) is 71.5 Å². The van der Waals surface area contributed by atoms with Gasteiger partial charge in [-0.3, -0.25) is 14.4 Å². The maximum Gasteiger partial charge on any atom is 0.329 e. The highest BCUT2D eigenvalue weighted by Gasteiger charge is 2.24. The minimum absolute atomic E-state index is 0.101. The van der Waals surface area contributed by atoms with Crippen LogP contribution >= 0.6 is 0 Å². The smallest absolute Gasteiger partial charge is 0.329 e. The molecular weight excluding hydrogens is 429 g/mol. The van der Waals surface area contributed by atoms with Crippen LogP contribution in [0.15, 0.2) is 54.6 Å². The maximum atomic E-state index is 13.1. The second-order valence-corrected chi connectivity index (χ2v) is 7.64. The van der Waals surface area contributed by atoms with Gasteiger partial charge in [-0.2, -0.15) is 0 Å². The van der Waals surface area contributed by atoms with Crippen LogP contribution in [0.2, 0.25) is 0 Å². The van der Waals surface area contributed by atoms with E-state index in [1.165, 1.54) is 12.1 Å². The zero-order chi connectivity index (χ0) is 24.2. The standard InChI is InChI=1S/C24H28FN3O5/c1-16(7-8-17-5-3-2-4-6-17)27-22(30)15-33-24(32)20(13-14-21(26)29)28-23(31)18-9-11-19(25)12-10-18/h2-6,9-12,16,20H,7-8,13-15H2,1H3,(H2,26,29)(H,27,30)(H,28,31)/t16-,20+/m0/s1. The van der Waals surface area contributed by atoms with E-state index < -0.39 is 42.2 Å². The summed E-state index contributed by atoms with van der Waals surface area (Å²) in [5, 5.41) is 5.19. The summed E-state index contributed by atoms with van der Waals surface area (Å²) < 4.78 is 18.1. The molecule has 8 nitrogen and oxygen atoms in total. The van der Waals surface area contributed by atoms with Crippen molar-refractivity contribution in [2.75, 3.05) is 6.61 Å². The molecule has 0 spiro atoms. The highest BCUT2D eigenvalue weighted by Crippen LogP contribution is 2.07. The molecule has 2 atom stereocenters. The van der Waals surface area contributed by atoms with Gasteiger partial charge in [0.15, 0.2) is 6.61 Å². The van der Waals surface area contributed by atoms with Gasteiger partial charge in [0.05, 0.1) is 0 Å². The summed E-state index contributed by atoms with van der Waals surface area (Å²) in [6.45, 7) is 1.31. The average Bonchev–Trinajstić information content (AvgIpc) is 2.79. The molecule has 33 heavy (non-hydrogen) atoms. The lowest BCUT2D eigenvalue weighted by molar-refractivity contribution is -0.150. The summed E-state index contributed by atoms with van der Waals surface area (Å²) in [6.07, 6.45) is 1.22. The monoisotopic (exact) mass is 457 g/mol. The zero-order valence-corrected chi connectivity index (χ0v) is 18.4. The number of halogens is 1. The molecule has 4 N–H and O–H groups in total. The van der Waals surface area contributed by atoms with Crippen LogP contribution in [0.4, 0.5) is 4.39 Å². The summed E-state index contributed by atoms with van der Waals surface area (Å²) in [5.74, 6) is -3.18. The molecule has 9 heteroatoms. The summed E-state index contributed by atoms with van der Waals surface area (Å²) in [5.41, 5.74) is 6.41. The lowest BCUT2D eigenvalue weighted by atomic mass is 10.1. The lowest BCUT2D eigenvalue weighted by Gasteiger charge is -2.18. The number of esters is 1. The Morgan fingerprint density at radius 2 is 1.64 bits per heavy atom. The number of aryl methyl sites for hydroxylation is 1. The van der Waals surface area contributed by atoms with Gasteiger partial charge in [-0.05, 0) is 56.0 Å². The number of hydrogen-bond acceptors (Lipinski definition) is 5. The topological polar surface area (TPSA) is 128 Å². The summed E-state index contributed by atoms with van der Waals surface area (Å²) in [6, 6.07) is 13.2. The number of carbonyl (C=O) groups is 4. The number of nitrogens with two attached hydrogens (primary N) is 1. The van der Waals surface area contributed by atoms with Crippen molar-refractivity contribution in [3.8, 4) is 0 Å². The van der Waals surface area contributed by atoms with E-state index in [4.69, 9.17) is 10.5 Å². The van der Waals surface area contributed by atoms with E-state index in [-0.39, 0.29) is 24.4 Å². The van der Waals surface area contributed by atoms with Gasteiger partial charge in [0.1, 0.15) is 11.9 Å². The fraction of sp³-hybridized carbons (Fsp3) is 0.333. The third-order valence-corrected chi connectivity index (χ3v) is 4.84. The second kappa shape index (κ2) is 12.9. The van der Waals surface area contributed by atoms with Gasteiger partial charge >= 0.3 is 5.97 Å². The number of rotatable bonds is 12. The van der Waals surface area contributed by atoms with E-state index in [2.05, 4.69) is 10.6 Å². The van der Waals surface area contributed by atoms with Crippen LogP contribution in [-0.4, -0.2) is 42.4 Å². The van der Waals surface area contributed by atoms with Crippen molar-refractivity contribution >= 4 is 23.7 Å². The normalized spacial score (nSPS) is 12.3. The first-order chi connectivity index (χ1) is 15.7. The fourth-order valence-corrected chi connectivity index (χ4v) is 3.03. The number of nitrogens with one attached hydrogen (secondary N) is 2.